The molecule has 47 heavy (non-hydrogen) atoms. The molecule has 0 bridgehead atoms. The Morgan fingerprint density at radius 1 is 1.04 bits per heavy atom. The molecular weight excluding hydrogens is 724 g/mol. The van der Waals surface area contributed by atoms with Gasteiger partial charge in [-0.05, 0) is 51.2 Å². The molecule has 23 heteroatoms. The van der Waals surface area contributed by atoms with Gasteiger partial charge < -0.3 is 44.7 Å². The summed E-state index contributed by atoms with van der Waals surface area (Å²) in [5, 5.41) is 15.3. The van der Waals surface area contributed by atoms with Crippen LogP contribution in [0.15, 0.2) is 24.3 Å². The highest BCUT2D eigenvalue weighted by molar-refractivity contribution is 8.77. The van der Waals surface area contributed by atoms with Gasteiger partial charge in [0.2, 0.25) is 5.91 Å². The van der Waals surface area contributed by atoms with Crippen molar-refractivity contribution < 1.29 is 70.5 Å². The Balaban J connectivity index is 1.64. The Morgan fingerprint density at radius 3 is 2.32 bits per heavy atom. The number of rotatable bonds is 21. The highest BCUT2D eigenvalue weighted by Gasteiger charge is 2.42. The lowest BCUT2D eigenvalue weighted by Crippen LogP contribution is -2.36. The van der Waals surface area contributed by atoms with Gasteiger partial charge in [0.15, 0.2) is 0 Å². The van der Waals surface area contributed by atoms with Crippen molar-refractivity contribution in [3.63, 3.8) is 0 Å². The fourth-order valence-corrected chi connectivity index (χ4v) is 9.27. The van der Waals surface area contributed by atoms with Crippen LogP contribution in [0.5, 0.6) is 0 Å². The number of benzene rings is 1. The first-order chi connectivity index (χ1) is 21.7. The van der Waals surface area contributed by atoms with Gasteiger partial charge in [0.1, 0.15) is 12.0 Å². The molecule has 0 aromatic heterocycles. The average molecular weight is 766 g/mol. The summed E-state index contributed by atoms with van der Waals surface area (Å²) < 4.78 is 57.5. The van der Waals surface area contributed by atoms with Crippen LogP contribution in [0.25, 0.3) is 0 Å². The molecule has 0 radical (unpaired) electrons. The second-order valence-electron chi connectivity index (χ2n) is 11.2. The first kappa shape index (κ1) is 42.4. The quantitative estimate of drug-likeness (QED) is 0.0312. The van der Waals surface area contributed by atoms with Gasteiger partial charge in [0, 0.05) is 36.2 Å². The van der Waals surface area contributed by atoms with Gasteiger partial charge in [-0.3, -0.25) is 14.1 Å². The molecule has 17 nitrogen and oxygen atoms in total. The van der Waals surface area contributed by atoms with Gasteiger partial charge in [0.25, 0.3) is 5.91 Å². The molecule has 1 aliphatic heterocycles. The van der Waals surface area contributed by atoms with Crippen LogP contribution in [0, 0.1) is 0 Å². The zero-order valence-corrected chi connectivity index (χ0v) is 30.6. The zero-order valence-electron chi connectivity index (χ0n) is 26.3. The van der Waals surface area contributed by atoms with E-state index >= 15 is 0 Å². The molecule has 2 rings (SSSR count). The molecule has 1 heterocycles. The molecule has 1 fully saturated rings. The molecule has 2 amide bonds. The normalized spacial score (nSPS) is 21.1. The molecule has 3 unspecified atom stereocenters. The summed E-state index contributed by atoms with van der Waals surface area (Å²) in [6.45, 7) is 6.88. The molecule has 7 N–H and O–H groups in total. The second kappa shape index (κ2) is 19.0. The predicted molar refractivity (Wildman–Crippen MR) is 177 cm³/mol. The average Bonchev–Trinajstić information content (AvgIpc) is 3.30. The second-order valence-corrected chi connectivity index (χ2v) is 18.5. The van der Waals surface area contributed by atoms with Crippen molar-refractivity contribution in [2.24, 2.45) is 0 Å². The highest BCUT2D eigenvalue weighted by atomic mass is 33.1. The minimum absolute atomic E-state index is 0.115. The van der Waals surface area contributed by atoms with E-state index in [1.807, 2.05) is 13.8 Å². The van der Waals surface area contributed by atoms with Crippen molar-refractivity contribution in [1.82, 2.24) is 10.6 Å². The molecule has 268 valence electrons. The van der Waals surface area contributed by atoms with E-state index in [1.165, 1.54) is 21.6 Å². The van der Waals surface area contributed by atoms with E-state index in [0.717, 1.165) is 5.46 Å². The summed E-state index contributed by atoms with van der Waals surface area (Å²) in [5.74, 6) is -0.151. The number of hydrogen-bond donors (Lipinski definition) is 7. The van der Waals surface area contributed by atoms with Crippen molar-refractivity contribution in [3.8, 4) is 0 Å². The summed E-state index contributed by atoms with van der Waals surface area (Å²) in [4.78, 5) is 60.8. The van der Waals surface area contributed by atoms with Crippen LogP contribution >= 0.6 is 45.1 Å². The van der Waals surface area contributed by atoms with Gasteiger partial charge in [-0.1, -0.05) is 40.5 Å². The Kier molecular flexibility index (Phi) is 17.1. The van der Waals surface area contributed by atoms with Crippen LogP contribution in [0.3, 0.4) is 0 Å². The molecule has 5 atom stereocenters. The van der Waals surface area contributed by atoms with Crippen molar-refractivity contribution >= 4 is 69.2 Å². The smallest absolute Gasteiger partial charge is 0.447 e. The van der Waals surface area contributed by atoms with E-state index in [1.54, 1.807) is 38.0 Å². The summed E-state index contributed by atoms with van der Waals surface area (Å²) in [6, 6.07) is 6.71. The van der Waals surface area contributed by atoms with E-state index < -0.39 is 49.2 Å². The van der Waals surface area contributed by atoms with E-state index in [9.17, 15) is 38.1 Å². The van der Waals surface area contributed by atoms with Crippen LogP contribution < -0.4 is 16.1 Å². The number of carbonyl (C=O) groups is 2. The summed E-state index contributed by atoms with van der Waals surface area (Å²) in [6.07, 6.45) is 0.199. The zero-order chi connectivity index (χ0) is 35.5. The van der Waals surface area contributed by atoms with Crippen LogP contribution in [-0.2, 0) is 41.1 Å². The lowest BCUT2D eigenvalue weighted by atomic mass is 9.64. The van der Waals surface area contributed by atoms with Gasteiger partial charge in [-0.2, -0.15) is 8.62 Å². The number of ether oxygens (including phenoxy) is 2. The number of phosphoric acid groups is 3. The number of unbranched alkanes of at least 4 members (excludes halogenated alkanes) is 1. The maximum Gasteiger partial charge on any atom is 0.490 e. The molecular formula is C24H42BN2O15P3S2. The van der Waals surface area contributed by atoms with Crippen LogP contribution in [0.4, 0.5) is 0 Å². The summed E-state index contributed by atoms with van der Waals surface area (Å²) >= 11 is 0. The standard InChI is InChI=1S/C24H42BN2O15P3S2/c1-17-13-20(21(40-17)14-39-44(34,35)42-45(36,37)41-43(31,32)33)38-16-46-47-24(2,3)15-27-22(28)7-5-6-12-26-23(29)18-8-10-19(11-9-18)25(4)30/h8-11,17,20-21,30H,5-7,12-16H2,1-4H3,(H,26,29)(H,27,28)(H,34,35)(H,36,37)(H2,31,32,33)/t17-,20?,21+/m0/s1. The number of hydrogen-bond acceptors (Lipinski definition) is 13. The van der Waals surface area contributed by atoms with Crippen molar-refractivity contribution in [1.29, 1.82) is 0 Å². The minimum atomic E-state index is -5.62. The first-order valence-electron chi connectivity index (χ1n) is 14.4. The Labute approximate surface area is 281 Å². The molecule has 0 aliphatic carbocycles. The van der Waals surface area contributed by atoms with Crippen LogP contribution in [0.1, 0.15) is 56.8 Å². The number of nitrogens with one attached hydrogen (secondary N) is 2. The molecule has 1 aromatic rings. The minimum Gasteiger partial charge on any atom is -0.447 e. The van der Waals surface area contributed by atoms with E-state index in [4.69, 9.17) is 19.3 Å². The van der Waals surface area contributed by atoms with Crippen LogP contribution in [0.2, 0.25) is 6.82 Å². The van der Waals surface area contributed by atoms with Gasteiger partial charge in [0.05, 0.1) is 18.8 Å². The van der Waals surface area contributed by atoms with Crippen molar-refractivity contribution in [2.45, 2.75) is 76.3 Å². The van der Waals surface area contributed by atoms with Crippen molar-refractivity contribution in [2.75, 3.05) is 25.6 Å². The maximum absolute atomic E-state index is 12.3. The third-order valence-electron chi connectivity index (χ3n) is 6.30. The molecule has 0 saturated carbocycles. The third kappa shape index (κ3) is 17.6. The molecule has 1 aromatic carbocycles. The van der Waals surface area contributed by atoms with E-state index in [-0.39, 0.29) is 28.6 Å². The summed E-state index contributed by atoms with van der Waals surface area (Å²) in [7, 11) is -13.6. The van der Waals surface area contributed by atoms with E-state index in [0.29, 0.717) is 44.3 Å². The lowest BCUT2D eigenvalue weighted by molar-refractivity contribution is -0.121. The number of carbonyl (C=O) groups excluding carboxylic acids is 2. The fraction of sp³-hybridized carbons (Fsp3) is 0.667. The summed E-state index contributed by atoms with van der Waals surface area (Å²) in [5.41, 5.74) is 1.22. The van der Waals surface area contributed by atoms with Crippen LogP contribution in [-0.4, -0.2) is 92.0 Å². The molecule has 1 aliphatic rings. The van der Waals surface area contributed by atoms with Gasteiger partial charge >= 0.3 is 30.4 Å². The molecule has 1 saturated heterocycles. The van der Waals surface area contributed by atoms with Gasteiger partial charge in [-0.15, -0.1) is 0 Å². The first-order valence-corrected chi connectivity index (χ1v) is 21.2. The third-order valence-corrected chi connectivity index (χ3v) is 13.0. The Morgan fingerprint density at radius 2 is 1.70 bits per heavy atom. The SMILES string of the molecule is CB(O)c1ccc(C(=O)NCCCCC(=O)NCC(C)(C)SSCOC2C[C@H](C)O[C@@H]2COP(=O)(O)OP(=O)(O)OP(=O)(O)O)cc1. The maximum atomic E-state index is 12.3. The van der Waals surface area contributed by atoms with Crippen molar-refractivity contribution in [3.05, 3.63) is 29.8 Å². The monoisotopic (exact) mass is 766 g/mol. The molecule has 0 spiro atoms. The Hall–Kier alpha value is -0.785. The fourth-order valence-electron chi connectivity index (χ4n) is 4.07. The Bertz CT molecular complexity index is 1320. The topological polar surface area (TPSA) is 257 Å². The highest BCUT2D eigenvalue weighted by Crippen LogP contribution is 2.66. The van der Waals surface area contributed by atoms with Gasteiger partial charge in [-0.25, -0.2) is 13.7 Å². The largest absolute Gasteiger partial charge is 0.490 e. The number of phosphoric ester groups is 1. The lowest BCUT2D eigenvalue weighted by Gasteiger charge is -2.24. The van der Waals surface area contributed by atoms with E-state index in [2.05, 4.69) is 23.8 Å². The number of amides is 2. The predicted octanol–water partition coefficient (Wildman–Crippen LogP) is 2.55.